The van der Waals surface area contributed by atoms with Gasteiger partial charge in [0.2, 0.25) is 0 Å². The minimum absolute atomic E-state index is 0.154. The van der Waals surface area contributed by atoms with Crippen LogP contribution in [0.1, 0.15) is 24.4 Å². The second-order valence-corrected chi connectivity index (χ2v) is 9.85. The Morgan fingerprint density at radius 1 is 0.935 bits per heavy atom. The Balaban J connectivity index is 1.50. The van der Waals surface area contributed by atoms with Gasteiger partial charge in [0.15, 0.2) is 0 Å². The van der Waals surface area contributed by atoms with E-state index in [1.54, 1.807) is 18.2 Å². The Kier molecular flexibility index (Phi) is 7.68. The zero-order chi connectivity index (χ0) is 21.8. The van der Waals surface area contributed by atoms with Gasteiger partial charge >= 0.3 is 0 Å². The van der Waals surface area contributed by atoms with E-state index in [2.05, 4.69) is 9.62 Å². The fourth-order valence-corrected chi connectivity index (χ4v) is 5.44. The Bertz CT molecular complexity index is 1030. The van der Waals surface area contributed by atoms with Crippen molar-refractivity contribution >= 4 is 52.4 Å². The van der Waals surface area contributed by atoms with Gasteiger partial charge in [-0.05, 0) is 84.8 Å². The van der Waals surface area contributed by atoms with Gasteiger partial charge in [0.25, 0.3) is 0 Å². The Morgan fingerprint density at radius 3 is 2.42 bits per heavy atom. The normalized spacial score (nSPS) is 18.9. The van der Waals surface area contributed by atoms with Crippen LogP contribution in [0.3, 0.4) is 0 Å². The van der Waals surface area contributed by atoms with Gasteiger partial charge in [-0.25, -0.2) is 4.39 Å². The average molecular weight is 496 g/mol. The van der Waals surface area contributed by atoms with E-state index >= 15 is 0 Å². The van der Waals surface area contributed by atoms with Gasteiger partial charge in [-0.3, -0.25) is 4.72 Å². The number of piperidine rings is 1. The van der Waals surface area contributed by atoms with Gasteiger partial charge in [-0.2, -0.15) is 0 Å². The molecule has 1 fully saturated rings. The van der Waals surface area contributed by atoms with Crippen LogP contribution in [0.2, 0.25) is 15.1 Å². The third kappa shape index (κ3) is 5.68. The maximum absolute atomic E-state index is 13.9. The van der Waals surface area contributed by atoms with Gasteiger partial charge in [-0.15, -0.1) is 0 Å². The number of hydrogen-bond donors (Lipinski definition) is 1. The molecule has 0 aliphatic carbocycles. The van der Waals surface area contributed by atoms with Crippen molar-refractivity contribution in [3.05, 3.63) is 93.2 Å². The van der Waals surface area contributed by atoms with Crippen LogP contribution in [-0.4, -0.2) is 13.1 Å². The lowest BCUT2D eigenvalue weighted by Gasteiger charge is -2.42. The highest BCUT2D eigenvalue weighted by atomic mass is 35.5. The van der Waals surface area contributed by atoms with E-state index in [0.29, 0.717) is 25.9 Å². The molecule has 4 rings (SSSR count). The molecule has 1 aliphatic heterocycles. The van der Waals surface area contributed by atoms with E-state index < -0.39 is 0 Å². The van der Waals surface area contributed by atoms with Crippen molar-refractivity contribution in [2.45, 2.75) is 23.8 Å². The molecule has 2 nitrogen and oxygen atoms in total. The fraction of sp³-hybridized carbons (Fsp3) is 0.250. The van der Waals surface area contributed by atoms with Crippen LogP contribution in [0.5, 0.6) is 0 Å². The summed E-state index contributed by atoms with van der Waals surface area (Å²) in [5.74, 6) is 0.209. The molecule has 0 saturated carbocycles. The van der Waals surface area contributed by atoms with E-state index in [1.165, 1.54) is 18.0 Å². The minimum Gasteiger partial charge on any atom is -0.364 e. The zero-order valence-corrected chi connectivity index (χ0v) is 19.8. The summed E-state index contributed by atoms with van der Waals surface area (Å²) in [5, 5.41) is 2.03. The molecule has 1 aliphatic rings. The SMILES string of the molecule is Fc1ccccc1SNCC1CCC(c2ccc(Cl)cc2Cl)N(c2ccc(Cl)cc2)C1. The van der Waals surface area contributed by atoms with Crippen LogP contribution in [0, 0.1) is 11.7 Å². The monoisotopic (exact) mass is 494 g/mol. The van der Waals surface area contributed by atoms with E-state index in [-0.39, 0.29) is 11.9 Å². The first-order valence-corrected chi connectivity index (χ1v) is 12.1. The average Bonchev–Trinajstić information content (AvgIpc) is 2.76. The predicted molar refractivity (Wildman–Crippen MR) is 131 cm³/mol. The summed E-state index contributed by atoms with van der Waals surface area (Å²) in [6, 6.07) is 20.6. The van der Waals surface area contributed by atoms with Crippen LogP contribution in [0.25, 0.3) is 0 Å². The van der Waals surface area contributed by atoms with E-state index in [9.17, 15) is 4.39 Å². The number of hydrogen-bond acceptors (Lipinski definition) is 3. The molecule has 2 atom stereocenters. The van der Waals surface area contributed by atoms with Gasteiger partial charge in [0, 0.05) is 33.8 Å². The van der Waals surface area contributed by atoms with Crippen molar-refractivity contribution in [3.8, 4) is 0 Å². The first-order chi connectivity index (χ1) is 15.0. The van der Waals surface area contributed by atoms with Crippen molar-refractivity contribution in [1.82, 2.24) is 4.72 Å². The van der Waals surface area contributed by atoms with Gasteiger partial charge in [0.1, 0.15) is 5.82 Å². The molecule has 7 heteroatoms. The zero-order valence-electron chi connectivity index (χ0n) is 16.7. The smallest absolute Gasteiger partial charge is 0.138 e. The molecule has 0 amide bonds. The molecule has 1 N–H and O–H groups in total. The van der Waals surface area contributed by atoms with Crippen LogP contribution in [-0.2, 0) is 0 Å². The van der Waals surface area contributed by atoms with Crippen molar-refractivity contribution in [2.75, 3.05) is 18.0 Å². The molecule has 1 saturated heterocycles. The van der Waals surface area contributed by atoms with Crippen LogP contribution in [0.4, 0.5) is 10.1 Å². The summed E-state index contributed by atoms with van der Waals surface area (Å²) in [5.41, 5.74) is 2.18. The molecule has 162 valence electrons. The lowest BCUT2D eigenvalue weighted by molar-refractivity contribution is 0.361. The first kappa shape index (κ1) is 22.8. The molecular weight excluding hydrogens is 474 g/mol. The molecule has 3 aromatic rings. The summed E-state index contributed by atoms with van der Waals surface area (Å²) in [6.07, 6.45) is 2.00. The summed E-state index contributed by atoms with van der Waals surface area (Å²) in [4.78, 5) is 2.99. The highest BCUT2D eigenvalue weighted by Gasteiger charge is 2.31. The Morgan fingerprint density at radius 2 is 1.68 bits per heavy atom. The van der Waals surface area contributed by atoms with Crippen molar-refractivity contribution in [1.29, 1.82) is 0 Å². The predicted octanol–water partition coefficient (Wildman–Crippen LogP) is 8.04. The number of benzene rings is 3. The van der Waals surface area contributed by atoms with Crippen molar-refractivity contribution in [2.24, 2.45) is 5.92 Å². The molecule has 1 heterocycles. The maximum Gasteiger partial charge on any atom is 0.138 e. The molecule has 0 radical (unpaired) electrons. The van der Waals surface area contributed by atoms with Crippen LogP contribution >= 0.6 is 46.8 Å². The standard InChI is InChI=1S/C24H22Cl3FN2S/c25-17-6-9-19(10-7-17)30-15-16(14-29-31-24-4-2-1-3-22(24)28)5-12-23(30)20-11-8-18(26)13-21(20)27/h1-4,6-11,13,16,23,29H,5,12,14-15H2. The van der Waals surface area contributed by atoms with Crippen molar-refractivity contribution in [3.63, 3.8) is 0 Å². The highest BCUT2D eigenvalue weighted by molar-refractivity contribution is 7.97. The largest absolute Gasteiger partial charge is 0.364 e. The highest BCUT2D eigenvalue weighted by Crippen LogP contribution is 2.40. The number of rotatable bonds is 6. The molecule has 2 unspecified atom stereocenters. The molecule has 3 aromatic carbocycles. The van der Waals surface area contributed by atoms with Crippen LogP contribution in [0.15, 0.2) is 71.6 Å². The number of anilines is 1. The van der Waals surface area contributed by atoms with E-state index in [4.69, 9.17) is 34.8 Å². The number of halogens is 4. The second-order valence-electron chi connectivity index (χ2n) is 7.63. The lowest BCUT2D eigenvalue weighted by atomic mass is 9.88. The van der Waals surface area contributed by atoms with Gasteiger partial charge < -0.3 is 4.90 Å². The third-order valence-corrected chi connectivity index (χ3v) is 7.23. The molecular formula is C24H22Cl3FN2S. The maximum atomic E-state index is 13.9. The fourth-order valence-electron chi connectivity index (χ4n) is 3.99. The number of nitrogens with zero attached hydrogens (tertiary/aromatic N) is 1. The molecule has 0 spiro atoms. The van der Waals surface area contributed by atoms with Gasteiger partial charge in [-0.1, -0.05) is 53.0 Å². The summed E-state index contributed by atoms with van der Waals surface area (Å²) in [7, 11) is 0. The summed E-state index contributed by atoms with van der Waals surface area (Å²) < 4.78 is 17.2. The summed E-state index contributed by atoms with van der Waals surface area (Å²) in [6.45, 7) is 1.64. The molecule has 0 aromatic heterocycles. The molecule has 31 heavy (non-hydrogen) atoms. The lowest BCUT2D eigenvalue weighted by Crippen LogP contribution is -2.41. The van der Waals surface area contributed by atoms with Crippen LogP contribution < -0.4 is 9.62 Å². The van der Waals surface area contributed by atoms with E-state index in [1.807, 2.05) is 42.5 Å². The second kappa shape index (κ2) is 10.5. The van der Waals surface area contributed by atoms with Gasteiger partial charge in [0.05, 0.1) is 10.9 Å². The Labute approximate surface area is 201 Å². The first-order valence-electron chi connectivity index (χ1n) is 10.1. The quantitative estimate of drug-likeness (QED) is 0.348. The molecule has 0 bridgehead atoms. The third-order valence-electron chi connectivity index (χ3n) is 5.55. The minimum atomic E-state index is -0.205. The Hall–Kier alpha value is -1.43. The summed E-state index contributed by atoms with van der Waals surface area (Å²) >= 11 is 20.1. The number of nitrogens with one attached hydrogen (secondary N) is 1. The van der Waals surface area contributed by atoms with Crippen molar-refractivity contribution < 1.29 is 4.39 Å². The van der Waals surface area contributed by atoms with E-state index in [0.717, 1.165) is 37.2 Å². The topological polar surface area (TPSA) is 15.3 Å².